The Morgan fingerprint density at radius 1 is 0.950 bits per heavy atom. The molecule has 0 aliphatic rings. The molecule has 2 aromatic carbocycles. The second-order valence-electron chi connectivity index (χ2n) is 4.00. The van der Waals surface area contributed by atoms with Crippen molar-refractivity contribution in [3.05, 3.63) is 59.2 Å². The first-order valence-corrected chi connectivity index (χ1v) is 5.79. The largest absolute Gasteiger partial charge is 0.496 e. The van der Waals surface area contributed by atoms with Gasteiger partial charge in [0.1, 0.15) is 17.1 Å². The van der Waals surface area contributed by atoms with E-state index in [1.807, 2.05) is 0 Å². The van der Waals surface area contributed by atoms with Gasteiger partial charge in [-0.1, -0.05) is 6.07 Å². The van der Waals surface area contributed by atoms with Crippen LogP contribution in [0, 0.1) is 11.6 Å². The number of rotatable bonds is 4. The highest BCUT2D eigenvalue weighted by atomic mass is 19.2. The monoisotopic (exact) mass is 278 g/mol. The van der Waals surface area contributed by atoms with Crippen molar-refractivity contribution >= 4 is 5.78 Å². The van der Waals surface area contributed by atoms with Gasteiger partial charge in [0.25, 0.3) is 0 Å². The fourth-order valence-electron chi connectivity index (χ4n) is 1.86. The van der Waals surface area contributed by atoms with Crippen molar-refractivity contribution in [3.63, 3.8) is 0 Å². The standard InChI is InChI=1S/C15H12F2O3/c1-19-12-4-3-5-13(20-2)14(12)15(18)9-6-7-10(16)11(17)8-9/h3-8H,1-2H3. The smallest absolute Gasteiger partial charge is 0.200 e. The maximum Gasteiger partial charge on any atom is 0.200 e. The molecule has 0 fully saturated rings. The molecule has 2 rings (SSSR count). The molecule has 0 radical (unpaired) electrons. The normalized spacial score (nSPS) is 10.2. The SMILES string of the molecule is COc1cccc(OC)c1C(=O)c1ccc(F)c(F)c1. The van der Waals surface area contributed by atoms with Crippen molar-refractivity contribution in [1.82, 2.24) is 0 Å². The summed E-state index contributed by atoms with van der Waals surface area (Å²) in [7, 11) is 2.83. The number of ketones is 1. The van der Waals surface area contributed by atoms with Crippen LogP contribution in [0.1, 0.15) is 15.9 Å². The van der Waals surface area contributed by atoms with E-state index in [0.29, 0.717) is 11.5 Å². The van der Waals surface area contributed by atoms with Gasteiger partial charge in [-0.05, 0) is 30.3 Å². The first-order chi connectivity index (χ1) is 9.58. The maximum absolute atomic E-state index is 13.2. The van der Waals surface area contributed by atoms with Crippen molar-refractivity contribution in [1.29, 1.82) is 0 Å². The Morgan fingerprint density at radius 3 is 2.05 bits per heavy atom. The number of benzene rings is 2. The Labute approximate surface area is 114 Å². The molecule has 0 saturated carbocycles. The van der Waals surface area contributed by atoms with E-state index < -0.39 is 17.4 Å². The highest BCUT2D eigenvalue weighted by Gasteiger charge is 2.20. The van der Waals surface area contributed by atoms with Crippen LogP contribution < -0.4 is 9.47 Å². The van der Waals surface area contributed by atoms with E-state index in [4.69, 9.17) is 9.47 Å². The molecule has 0 bridgehead atoms. The Balaban J connectivity index is 2.55. The molecule has 0 spiro atoms. The minimum absolute atomic E-state index is 0.0201. The number of hydrogen-bond donors (Lipinski definition) is 0. The van der Waals surface area contributed by atoms with Crippen molar-refractivity contribution in [2.75, 3.05) is 14.2 Å². The third-order valence-electron chi connectivity index (χ3n) is 2.84. The van der Waals surface area contributed by atoms with Crippen LogP contribution in [-0.4, -0.2) is 20.0 Å². The molecule has 0 unspecified atom stereocenters. The van der Waals surface area contributed by atoms with E-state index >= 15 is 0 Å². The highest BCUT2D eigenvalue weighted by molar-refractivity contribution is 6.12. The summed E-state index contributed by atoms with van der Waals surface area (Å²) in [5.41, 5.74) is 0.190. The zero-order valence-corrected chi connectivity index (χ0v) is 10.9. The van der Waals surface area contributed by atoms with Gasteiger partial charge < -0.3 is 9.47 Å². The molecule has 3 nitrogen and oxygen atoms in total. The van der Waals surface area contributed by atoms with Crippen LogP contribution in [-0.2, 0) is 0 Å². The molecule has 2 aromatic rings. The fourth-order valence-corrected chi connectivity index (χ4v) is 1.86. The Morgan fingerprint density at radius 2 is 1.55 bits per heavy atom. The fraction of sp³-hybridized carbons (Fsp3) is 0.133. The lowest BCUT2D eigenvalue weighted by Gasteiger charge is -2.12. The molecule has 104 valence electrons. The summed E-state index contributed by atoms with van der Waals surface area (Å²) in [4.78, 5) is 12.4. The lowest BCUT2D eigenvalue weighted by atomic mass is 10.0. The minimum atomic E-state index is -1.08. The van der Waals surface area contributed by atoms with Gasteiger partial charge in [-0.2, -0.15) is 0 Å². The third kappa shape index (κ3) is 2.47. The predicted octanol–water partition coefficient (Wildman–Crippen LogP) is 3.21. The molecular weight excluding hydrogens is 266 g/mol. The highest BCUT2D eigenvalue weighted by Crippen LogP contribution is 2.30. The summed E-state index contributed by atoms with van der Waals surface area (Å²) in [6, 6.07) is 7.82. The van der Waals surface area contributed by atoms with Gasteiger partial charge in [0.05, 0.1) is 14.2 Å². The number of ether oxygens (including phenoxy) is 2. The molecule has 0 amide bonds. The molecule has 0 aliphatic carbocycles. The second-order valence-corrected chi connectivity index (χ2v) is 4.00. The second kappa shape index (κ2) is 5.69. The van der Waals surface area contributed by atoms with E-state index in [9.17, 15) is 13.6 Å². The van der Waals surface area contributed by atoms with Crippen LogP contribution in [0.15, 0.2) is 36.4 Å². The molecule has 20 heavy (non-hydrogen) atoms. The van der Waals surface area contributed by atoms with Crippen LogP contribution in [0.25, 0.3) is 0 Å². The molecule has 0 heterocycles. The number of hydrogen-bond acceptors (Lipinski definition) is 3. The van der Waals surface area contributed by atoms with Crippen LogP contribution >= 0.6 is 0 Å². The van der Waals surface area contributed by atoms with Gasteiger partial charge in [-0.3, -0.25) is 4.79 Å². The molecule has 0 aromatic heterocycles. The summed E-state index contributed by atoms with van der Waals surface area (Å²) in [5, 5.41) is 0. The van der Waals surface area contributed by atoms with Crippen molar-refractivity contribution in [2.45, 2.75) is 0 Å². The molecular formula is C15H12F2O3. The van der Waals surface area contributed by atoms with Gasteiger partial charge in [-0.15, -0.1) is 0 Å². The number of carbonyl (C=O) groups excluding carboxylic acids is 1. The van der Waals surface area contributed by atoms with Crippen LogP contribution in [0.4, 0.5) is 8.78 Å². The Hall–Kier alpha value is -2.43. The quantitative estimate of drug-likeness (QED) is 0.806. The van der Waals surface area contributed by atoms with Gasteiger partial charge in [0.15, 0.2) is 11.6 Å². The Bertz CT molecular complexity index is 631. The molecule has 0 atom stereocenters. The zero-order chi connectivity index (χ0) is 14.7. The predicted molar refractivity (Wildman–Crippen MR) is 69.3 cm³/mol. The summed E-state index contributed by atoms with van der Waals surface area (Å²) >= 11 is 0. The topological polar surface area (TPSA) is 35.5 Å². The van der Waals surface area contributed by atoms with E-state index in [-0.39, 0.29) is 11.1 Å². The van der Waals surface area contributed by atoms with E-state index in [0.717, 1.165) is 12.1 Å². The van der Waals surface area contributed by atoms with Crippen LogP contribution in [0.5, 0.6) is 11.5 Å². The van der Waals surface area contributed by atoms with Crippen LogP contribution in [0.3, 0.4) is 0 Å². The van der Waals surface area contributed by atoms with E-state index in [1.165, 1.54) is 20.3 Å². The van der Waals surface area contributed by atoms with E-state index in [1.54, 1.807) is 18.2 Å². The average Bonchev–Trinajstić information content (AvgIpc) is 2.48. The van der Waals surface area contributed by atoms with E-state index in [2.05, 4.69) is 0 Å². The molecule has 0 saturated heterocycles. The minimum Gasteiger partial charge on any atom is -0.496 e. The number of halogens is 2. The van der Waals surface area contributed by atoms with Crippen molar-refractivity contribution < 1.29 is 23.0 Å². The average molecular weight is 278 g/mol. The first kappa shape index (κ1) is 14.0. The summed E-state index contributed by atoms with van der Waals surface area (Å²) in [6.07, 6.45) is 0. The summed E-state index contributed by atoms with van der Waals surface area (Å²) in [5.74, 6) is -1.98. The number of carbonyl (C=O) groups is 1. The number of methoxy groups -OCH3 is 2. The summed E-state index contributed by atoms with van der Waals surface area (Å²) in [6.45, 7) is 0. The zero-order valence-electron chi connectivity index (χ0n) is 10.9. The first-order valence-electron chi connectivity index (χ1n) is 5.79. The Kier molecular flexibility index (Phi) is 3.98. The maximum atomic E-state index is 13.2. The van der Waals surface area contributed by atoms with Gasteiger partial charge >= 0.3 is 0 Å². The summed E-state index contributed by atoms with van der Waals surface area (Å²) < 4.78 is 36.4. The van der Waals surface area contributed by atoms with Gasteiger partial charge in [-0.25, -0.2) is 8.78 Å². The van der Waals surface area contributed by atoms with Crippen molar-refractivity contribution in [2.24, 2.45) is 0 Å². The lowest BCUT2D eigenvalue weighted by Crippen LogP contribution is -2.07. The van der Waals surface area contributed by atoms with Crippen LogP contribution in [0.2, 0.25) is 0 Å². The lowest BCUT2D eigenvalue weighted by molar-refractivity contribution is 0.103. The van der Waals surface area contributed by atoms with Gasteiger partial charge in [0, 0.05) is 5.56 Å². The third-order valence-corrected chi connectivity index (χ3v) is 2.84. The van der Waals surface area contributed by atoms with Crippen molar-refractivity contribution in [3.8, 4) is 11.5 Å². The van der Waals surface area contributed by atoms with Gasteiger partial charge in [0.2, 0.25) is 5.78 Å². The molecule has 5 heteroatoms. The molecule has 0 N–H and O–H groups in total. The molecule has 0 aliphatic heterocycles.